The summed E-state index contributed by atoms with van der Waals surface area (Å²) in [6.07, 6.45) is 5.00. The first-order valence-corrected chi connectivity index (χ1v) is 10.1. The lowest BCUT2D eigenvalue weighted by Gasteiger charge is -2.37. The van der Waals surface area contributed by atoms with Gasteiger partial charge >= 0.3 is 0 Å². The van der Waals surface area contributed by atoms with Crippen molar-refractivity contribution in [2.45, 2.75) is 18.0 Å². The fourth-order valence-corrected chi connectivity index (χ4v) is 3.93. The Morgan fingerprint density at radius 1 is 0.871 bits per heavy atom. The SMILES string of the molecule is CO.NC(C=O)Cc1cn(C(c2ccccc2)(c2ccccc2)c2ccccc2)cn1. The Bertz CT molecular complexity index is 967. The largest absolute Gasteiger partial charge is 0.400 e. The van der Waals surface area contributed by atoms with Crippen LogP contribution in [0.4, 0.5) is 0 Å². The van der Waals surface area contributed by atoms with Gasteiger partial charge < -0.3 is 20.2 Å². The zero-order valence-corrected chi connectivity index (χ0v) is 17.5. The Balaban J connectivity index is 0.00000132. The van der Waals surface area contributed by atoms with Gasteiger partial charge in [-0.15, -0.1) is 0 Å². The van der Waals surface area contributed by atoms with E-state index in [4.69, 9.17) is 10.8 Å². The van der Waals surface area contributed by atoms with Crippen LogP contribution in [0.25, 0.3) is 0 Å². The van der Waals surface area contributed by atoms with E-state index in [0.29, 0.717) is 6.42 Å². The third-order valence-electron chi connectivity index (χ3n) is 5.22. The Hall–Kier alpha value is -3.54. The van der Waals surface area contributed by atoms with Crippen molar-refractivity contribution in [2.75, 3.05) is 7.11 Å². The number of nitrogens with two attached hydrogens (primary N) is 1. The van der Waals surface area contributed by atoms with E-state index in [-0.39, 0.29) is 0 Å². The molecule has 0 amide bonds. The van der Waals surface area contributed by atoms with Crippen LogP contribution in [0.2, 0.25) is 0 Å². The predicted octanol–water partition coefficient (Wildman–Crippen LogP) is 3.40. The molecule has 1 heterocycles. The zero-order chi connectivity index (χ0) is 22.1. The number of aliphatic hydroxyl groups is 1. The summed E-state index contributed by atoms with van der Waals surface area (Å²) in [6.45, 7) is 0. The third-order valence-corrected chi connectivity index (χ3v) is 5.22. The lowest BCUT2D eigenvalue weighted by molar-refractivity contribution is -0.108. The Labute approximate surface area is 182 Å². The Morgan fingerprint density at radius 3 is 1.68 bits per heavy atom. The summed E-state index contributed by atoms with van der Waals surface area (Å²) in [7, 11) is 1.00. The van der Waals surface area contributed by atoms with E-state index in [1.54, 1.807) is 0 Å². The number of hydrogen-bond acceptors (Lipinski definition) is 4. The van der Waals surface area contributed by atoms with E-state index in [1.807, 2.05) is 30.7 Å². The van der Waals surface area contributed by atoms with Crippen molar-refractivity contribution in [1.82, 2.24) is 9.55 Å². The van der Waals surface area contributed by atoms with Gasteiger partial charge in [-0.1, -0.05) is 91.0 Å². The van der Waals surface area contributed by atoms with Crippen molar-refractivity contribution < 1.29 is 9.90 Å². The molecule has 0 radical (unpaired) electrons. The summed E-state index contributed by atoms with van der Waals surface area (Å²) in [6, 6.07) is 30.6. The van der Waals surface area contributed by atoms with E-state index >= 15 is 0 Å². The monoisotopic (exact) mass is 413 g/mol. The molecule has 158 valence electrons. The van der Waals surface area contributed by atoms with E-state index in [9.17, 15) is 4.79 Å². The fourth-order valence-electron chi connectivity index (χ4n) is 3.93. The maximum atomic E-state index is 11.0. The van der Waals surface area contributed by atoms with Crippen LogP contribution in [0, 0.1) is 0 Å². The minimum atomic E-state index is -0.597. The second kappa shape index (κ2) is 10.5. The van der Waals surface area contributed by atoms with Crippen LogP contribution in [0.5, 0.6) is 0 Å². The number of imidazole rings is 1. The van der Waals surface area contributed by atoms with Gasteiger partial charge in [0.2, 0.25) is 0 Å². The van der Waals surface area contributed by atoms with Crippen molar-refractivity contribution in [1.29, 1.82) is 0 Å². The van der Waals surface area contributed by atoms with E-state index in [2.05, 4.69) is 82.3 Å². The molecule has 0 saturated carbocycles. The average molecular weight is 414 g/mol. The van der Waals surface area contributed by atoms with Crippen molar-refractivity contribution in [3.63, 3.8) is 0 Å². The second-order valence-corrected chi connectivity index (χ2v) is 7.08. The summed E-state index contributed by atoms with van der Waals surface area (Å²) in [5, 5.41) is 7.00. The first-order chi connectivity index (χ1) is 15.2. The highest BCUT2D eigenvalue weighted by Gasteiger charge is 2.38. The number of rotatable bonds is 7. The summed E-state index contributed by atoms with van der Waals surface area (Å²) >= 11 is 0. The second-order valence-electron chi connectivity index (χ2n) is 7.08. The van der Waals surface area contributed by atoms with Gasteiger partial charge in [0.1, 0.15) is 11.8 Å². The third kappa shape index (κ3) is 4.48. The molecular formula is C26H27N3O2. The standard InChI is InChI=1S/C25H23N3O.CH4O/c26-23(18-29)16-24-17-28(19-27-24)25(20-10-4-1-5-11-20,21-12-6-2-7-13-21)22-14-8-3-9-15-22;1-2/h1-15,17-19,23H,16,26H2;2H,1H3. The number of aliphatic hydroxyl groups excluding tert-OH is 1. The van der Waals surface area contributed by atoms with Crippen LogP contribution in [0.3, 0.4) is 0 Å². The molecule has 4 aromatic rings. The number of carbonyl (C=O) groups is 1. The van der Waals surface area contributed by atoms with Gasteiger partial charge in [0.15, 0.2) is 0 Å². The number of carbonyl (C=O) groups excluding carboxylic acids is 1. The number of nitrogens with zero attached hydrogens (tertiary/aromatic N) is 2. The predicted molar refractivity (Wildman–Crippen MR) is 123 cm³/mol. The number of aldehydes is 1. The molecule has 0 aliphatic heterocycles. The van der Waals surface area contributed by atoms with Crippen LogP contribution in [-0.4, -0.2) is 34.1 Å². The highest BCUT2D eigenvalue weighted by Crippen LogP contribution is 2.40. The van der Waals surface area contributed by atoms with Gasteiger partial charge in [0.05, 0.1) is 18.1 Å². The number of hydrogen-bond donors (Lipinski definition) is 2. The molecule has 3 aromatic carbocycles. The highest BCUT2D eigenvalue weighted by molar-refractivity contribution is 5.57. The van der Waals surface area contributed by atoms with Crippen LogP contribution < -0.4 is 5.73 Å². The normalized spacial score (nSPS) is 11.8. The molecule has 0 saturated heterocycles. The molecule has 0 aliphatic rings. The highest BCUT2D eigenvalue weighted by atomic mass is 16.2. The average Bonchev–Trinajstić information content (AvgIpc) is 3.31. The molecular weight excluding hydrogens is 386 g/mol. The molecule has 1 atom stereocenters. The van der Waals surface area contributed by atoms with E-state index < -0.39 is 11.6 Å². The van der Waals surface area contributed by atoms with E-state index in [0.717, 1.165) is 35.8 Å². The molecule has 0 bridgehead atoms. The van der Waals surface area contributed by atoms with Gasteiger partial charge in [-0.25, -0.2) is 4.98 Å². The van der Waals surface area contributed by atoms with Crippen LogP contribution >= 0.6 is 0 Å². The molecule has 0 fully saturated rings. The van der Waals surface area contributed by atoms with Gasteiger partial charge in [-0.3, -0.25) is 0 Å². The molecule has 1 unspecified atom stereocenters. The summed E-state index contributed by atoms with van der Waals surface area (Å²) < 4.78 is 2.12. The van der Waals surface area contributed by atoms with Gasteiger partial charge in [0.25, 0.3) is 0 Å². The van der Waals surface area contributed by atoms with Gasteiger partial charge in [-0.2, -0.15) is 0 Å². The van der Waals surface area contributed by atoms with Crippen molar-refractivity contribution in [2.24, 2.45) is 5.73 Å². The first-order valence-electron chi connectivity index (χ1n) is 10.1. The molecule has 0 spiro atoms. The van der Waals surface area contributed by atoms with Gasteiger partial charge in [0, 0.05) is 19.7 Å². The lowest BCUT2D eigenvalue weighted by Crippen LogP contribution is -2.37. The van der Waals surface area contributed by atoms with E-state index in [1.165, 1.54) is 0 Å². The minimum absolute atomic E-state index is 0.408. The summed E-state index contributed by atoms with van der Waals surface area (Å²) in [4.78, 5) is 15.6. The van der Waals surface area contributed by atoms with Crippen LogP contribution in [0.15, 0.2) is 104 Å². The molecule has 0 aliphatic carbocycles. The van der Waals surface area contributed by atoms with Crippen LogP contribution in [0.1, 0.15) is 22.4 Å². The van der Waals surface area contributed by atoms with Crippen molar-refractivity contribution in [3.05, 3.63) is 126 Å². The van der Waals surface area contributed by atoms with Crippen molar-refractivity contribution >= 4 is 6.29 Å². The summed E-state index contributed by atoms with van der Waals surface area (Å²) in [5.41, 5.74) is 9.41. The fraction of sp³-hybridized carbons (Fsp3) is 0.154. The van der Waals surface area contributed by atoms with Crippen molar-refractivity contribution in [3.8, 4) is 0 Å². The molecule has 3 N–H and O–H groups in total. The minimum Gasteiger partial charge on any atom is -0.400 e. The molecule has 1 aromatic heterocycles. The first kappa shape index (κ1) is 22.2. The quantitative estimate of drug-likeness (QED) is 0.359. The Kier molecular flexibility index (Phi) is 7.49. The van der Waals surface area contributed by atoms with Gasteiger partial charge in [-0.05, 0) is 16.7 Å². The molecule has 31 heavy (non-hydrogen) atoms. The molecule has 5 nitrogen and oxygen atoms in total. The van der Waals surface area contributed by atoms with Crippen LogP contribution in [-0.2, 0) is 16.8 Å². The Morgan fingerprint density at radius 2 is 1.29 bits per heavy atom. The topological polar surface area (TPSA) is 81.1 Å². The number of aromatic nitrogens is 2. The summed E-state index contributed by atoms with van der Waals surface area (Å²) in [5.74, 6) is 0. The molecule has 5 heteroatoms. The smallest absolute Gasteiger partial charge is 0.137 e. The zero-order valence-electron chi connectivity index (χ0n) is 17.5. The number of benzene rings is 3. The molecule has 4 rings (SSSR count). The lowest BCUT2D eigenvalue weighted by atomic mass is 9.77. The maximum absolute atomic E-state index is 11.0. The maximum Gasteiger partial charge on any atom is 0.137 e.